The molecule has 0 aliphatic heterocycles. The van der Waals surface area contributed by atoms with Crippen molar-refractivity contribution in [3.8, 4) is 11.5 Å². The Bertz CT molecular complexity index is 5490. The van der Waals surface area contributed by atoms with Crippen molar-refractivity contribution in [3.05, 3.63) is 277 Å². The summed E-state index contributed by atoms with van der Waals surface area (Å²) in [6, 6.07) is 42.3. The number of rotatable bonds is 22. The number of imidazole rings is 2. The first-order valence-corrected chi connectivity index (χ1v) is 39.3. The van der Waals surface area contributed by atoms with Crippen LogP contribution in [-0.4, -0.2) is 38.3 Å². The van der Waals surface area contributed by atoms with Crippen LogP contribution in [0, 0.1) is 58.8 Å². The van der Waals surface area contributed by atoms with Crippen molar-refractivity contribution in [2.24, 2.45) is 45.4 Å². The molecule has 0 amide bonds. The fraction of sp³-hybridized carbons (Fsp3) is 0.426. The zero-order chi connectivity index (χ0) is 82.1. The van der Waals surface area contributed by atoms with E-state index >= 15 is 0 Å². The fourth-order valence-corrected chi connectivity index (χ4v) is 18.0. The molecule has 4 unspecified atom stereocenters. The molecule has 112 heavy (non-hydrogen) atoms. The predicted molar refractivity (Wildman–Crippen MR) is 454 cm³/mol. The van der Waals surface area contributed by atoms with Gasteiger partial charge >= 0.3 is 11.4 Å². The number of hydrogen-bond acceptors (Lipinski definition) is 12. The van der Waals surface area contributed by atoms with Crippen LogP contribution in [0.5, 0.6) is 11.5 Å². The summed E-state index contributed by atoms with van der Waals surface area (Å²) in [7, 11) is 3.05. The van der Waals surface area contributed by atoms with Crippen LogP contribution in [-0.2, 0) is 48.8 Å². The summed E-state index contributed by atoms with van der Waals surface area (Å²) >= 11 is 0. The maximum Gasteiger partial charge on any atom is 0.328 e. The molecule has 2 heterocycles. The van der Waals surface area contributed by atoms with Crippen molar-refractivity contribution in [2.45, 2.75) is 235 Å². The van der Waals surface area contributed by atoms with Gasteiger partial charge in [-0.05, 0) is 172 Å². The number of aromatic nitrogens is 4. The molecule has 2 N–H and O–H groups in total. The van der Waals surface area contributed by atoms with Crippen molar-refractivity contribution in [2.75, 3.05) is 0 Å². The first kappa shape index (κ1) is 82.3. The number of nitro benzene ring substituents is 2. The van der Waals surface area contributed by atoms with Crippen LogP contribution in [0.4, 0.5) is 34.1 Å². The lowest BCUT2D eigenvalue weighted by atomic mass is 9.70. The Kier molecular flexibility index (Phi) is 22.7. The lowest BCUT2D eigenvalue weighted by Gasteiger charge is -2.35. The smallest absolute Gasteiger partial charge is 0.328 e. The van der Waals surface area contributed by atoms with Crippen LogP contribution in [0.15, 0.2) is 188 Å². The van der Waals surface area contributed by atoms with Crippen LogP contribution < -0.4 is 11.4 Å². The average Bonchev–Trinajstić information content (AvgIpc) is 1.26. The molecule has 2 aliphatic rings. The van der Waals surface area contributed by atoms with Gasteiger partial charge in [-0.25, -0.2) is 9.59 Å². The van der Waals surface area contributed by atoms with Crippen LogP contribution in [0.1, 0.15) is 251 Å². The van der Waals surface area contributed by atoms with Crippen molar-refractivity contribution < 1.29 is 20.1 Å². The van der Waals surface area contributed by atoms with Gasteiger partial charge in [-0.3, -0.25) is 38.5 Å². The van der Waals surface area contributed by atoms with Crippen molar-refractivity contribution in [3.63, 3.8) is 0 Å². The highest BCUT2D eigenvalue weighted by atomic mass is 16.6. The normalized spacial score (nSPS) is 16.3. The Balaban J connectivity index is 0.000000355. The third-order valence-electron chi connectivity index (χ3n) is 24.3. The van der Waals surface area contributed by atoms with Gasteiger partial charge in [-0.15, -0.1) is 20.5 Å². The molecular weight excluding hydrogens is 1400 g/mol. The number of phenols is 2. The maximum atomic E-state index is 14.0. The second-order valence-corrected chi connectivity index (χ2v) is 36.7. The van der Waals surface area contributed by atoms with Gasteiger partial charge < -0.3 is 10.2 Å². The third-order valence-corrected chi connectivity index (χ3v) is 24.3. The quantitative estimate of drug-likeness (QED) is 0.0286. The van der Waals surface area contributed by atoms with Crippen molar-refractivity contribution in [1.29, 1.82) is 0 Å². The standard InChI is InChI=1S/C65H78N10O8.C29H36/c1-60(2,3)38-62(7,8)42-30-44(64(11,12)40-24-19-17-20-25-40)56(76)48(32-42)68-66-46-34-52-55(37-51(46)75(82)83)73(58(78)70(52)15)29-23-28-72-54-35-47(50(74(80)81)36-53(54)71(16)59(72)79)67-69-49-33-43(63(9,10)39-61(4,5)6)31-45(57(49)77)65(13,14)41-26-21-18-22-27-41;1-16-12-26-22(7)20(5)24(28(26)14-18(16)3)10-9-11-25-21(6)23(8)27-13-17(2)19(4)15-29(25)27/h17-22,24-27,30-37,76-77H,23,28-29,38-39H2,1-16H3;12-15,22-25H,5-6,9-11H2,1-4,7-8H3. The summed E-state index contributed by atoms with van der Waals surface area (Å²) < 4.78 is 5.48. The summed E-state index contributed by atoms with van der Waals surface area (Å²) in [6.45, 7) is 52.3. The molecule has 12 rings (SSSR count). The van der Waals surface area contributed by atoms with E-state index in [-0.39, 0.29) is 81.0 Å². The SMILES string of the molecule is C=C1C(C)c2cc(C)c(C)cc2C1CCCC1C(=C)C(C)c2cc(C)c(C)cc21.Cn1c(=O)n(CCCn2c(=O)n(C)c3cc(N=Nc4cc(C(C)(C)CC(C)(C)C)cc(C(C)(C)c5ccccc5)c4O)c([N+](=O)[O-])cc32)c2cc(N=Nc3cc(C(C)(C)CC(C)(C)C)cc(C(C)(C)c4ccccc4)c3O)c([N+](=O)[O-])cc21. The van der Waals surface area contributed by atoms with Crippen LogP contribution in [0.2, 0.25) is 0 Å². The van der Waals surface area contributed by atoms with Gasteiger partial charge in [0.05, 0.1) is 31.9 Å². The van der Waals surface area contributed by atoms with Crippen molar-refractivity contribution >= 4 is 56.2 Å². The lowest BCUT2D eigenvalue weighted by Crippen LogP contribution is -2.26. The maximum absolute atomic E-state index is 14.0. The third kappa shape index (κ3) is 16.2. The number of aryl methyl sites for hydroxylation is 8. The van der Waals surface area contributed by atoms with Gasteiger partial charge in [-0.1, -0.05) is 239 Å². The van der Waals surface area contributed by atoms with E-state index in [1.165, 1.54) is 124 Å². The summed E-state index contributed by atoms with van der Waals surface area (Å²) in [6.07, 6.45) is 5.40. The number of aromatic hydroxyl groups is 2. The van der Waals surface area contributed by atoms with Gasteiger partial charge in [0.25, 0.3) is 11.4 Å². The number of hydrogen-bond donors (Lipinski definition) is 2. The monoisotopic (exact) mass is 1510 g/mol. The summed E-state index contributed by atoms with van der Waals surface area (Å²) in [5, 5.41) is 67.5. The first-order valence-electron chi connectivity index (χ1n) is 39.3. The Hall–Kier alpha value is -10.6. The van der Waals surface area contributed by atoms with Gasteiger partial charge in [0.15, 0.2) is 11.4 Å². The fourth-order valence-electron chi connectivity index (χ4n) is 18.0. The molecule has 10 aromatic rings. The number of benzene rings is 8. The Morgan fingerprint density at radius 1 is 0.429 bits per heavy atom. The highest BCUT2D eigenvalue weighted by molar-refractivity contribution is 5.86. The number of fused-ring (bicyclic) bond motifs is 4. The van der Waals surface area contributed by atoms with Crippen LogP contribution in [0.3, 0.4) is 0 Å². The van der Waals surface area contributed by atoms with Gasteiger partial charge in [-0.2, -0.15) is 0 Å². The minimum absolute atomic E-state index is 0.0183. The number of nitro groups is 2. The molecule has 0 saturated carbocycles. The average molecular weight is 1510 g/mol. The van der Waals surface area contributed by atoms with E-state index in [1.807, 2.05) is 100 Å². The number of nitrogens with zero attached hydrogens (tertiary/aromatic N) is 10. The van der Waals surface area contributed by atoms with Gasteiger partial charge in [0, 0.05) is 84.9 Å². The van der Waals surface area contributed by atoms with E-state index in [2.05, 4.69) is 169 Å². The molecule has 0 spiro atoms. The Labute approximate surface area is 660 Å². The predicted octanol–water partition coefficient (Wildman–Crippen LogP) is 24.5. The molecule has 0 bridgehead atoms. The minimum Gasteiger partial charge on any atom is -0.505 e. The van der Waals surface area contributed by atoms with E-state index in [0.29, 0.717) is 45.8 Å². The molecule has 2 aliphatic carbocycles. The topological polar surface area (TPSA) is 230 Å². The number of azo groups is 2. The van der Waals surface area contributed by atoms with E-state index in [0.717, 1.165) is 35.1 Å². The molecule has 0 fully saturated rings. The number of allylic oxidation sites excluding steroid dienone is 2. The molecular formula is C94H114N10O8. The first-order chi connectivity index (χ1) is 52.2. The molecule has 18 heteroatoms. The van der Waals surface area contributed by atoms with Crippen LogP contribution in [0.25, 0.3) is 22.1 Å². The highest BCUT2D eigenvalue weighted by Crippen LogP contribution is 2.54. The zero-order valence-corrected chi connectivity index (χ0v) is 69.9. The molecule has 2 aromatic heterocycles. The molecule has 4 atom stereocenters. The summed E-state index contributed by atoms with van der Waals surface area (Å²) in [5.41, 5.74) is 16.6. The van der Waals surface area contributed by atoms with Crippen molar-refractivity contribution in [1.82, 2.24) is 18.3 Å². The summed E-state index contributed by atoms with van der Waals surface area (Å²) in [4.78, 5) is 52.4. The lowest BCUT2D eigenvalue weighted by molar-refractivity contribution is -0.384. The van der Waals surface area contributed by atoms with Gasteiger partial charge in [0.1, 0.15) is 22.9 Å². The Morgan fingerprint density at radius 3 is 1.11 bits per heavy atom. The van der Waals surface area contributed by atoms with E-state index in [9.17, 15) is 40.0 Å². The molecule has 0 radical (unpaired) electrons. The van der Waals surface area contributed by atoms with Crippen LogP contribution >= 0.6 is 0 Å². The van der Waals surface area contributed by atoms with E-state index in [1.54, 1.807) is 19.2 Å². The molecule has 8 aromatic carbocycles. The Morgan fingerprint density at radius 2 is 0.750 bits per heavy atom. The van der Waals surface area contributed by atoms with Gasteiger partial charge in [0.2, 0.25) is 0 Å². The van der Waals surface area contributed by atoms with E-state index in [4.69, 9.17) is 0 Å². The number of phenolic OH excluding ortho intramolecular Hbond substituents is 2. The second-order valence-electron chi connectivity index (χ2n) is 36.7. The molecule has 18 nitrogen and oxygen atoms in total. The molecule has 588 valence electrons. The largest absolute Gasteiger partial charge is 0.505 e. The summed E-state index contributed by atoms with van der Waals surface area (Å²) in [5.74, 6) is 1.78. The second kappa shape index (κ2) is 30.8. The molecule has 0 saturated heterocycles. The van der Waals surface area contributed by atoms with E-state index < -0.39 is 48.8 Å². The zero-order valence-electron chi connectivity index (χ0n) is 69.9. The highest BCUT2D eigenvalue weighted by Gasteiger charge is 2.39. The minimum atomic E-state index is -0.690.